The zero-order chi connectivity index (χ0) is 18.0. The lowest BCUT2D eigenvalue weighted by Gasteiger charge is -2.38. The number of carbonyl (C=O) groups is 1. The highest BCUT2D eigenvalue weighted by Gasteiger charge is 2.37. The Kier molecular flexibility index (Phi) is 4.55. The predicted molar refractivity (Wildman–Crippen MR) is 89.7 cm³/mol. The van der Waals surface area contributed by atoms with Gasteiger partial charge in [-0.05, 0) is 24.3 Å². The molecule has 1 aliphatic heterocycles. The van der Waals surface area contributed by atoms with Gasteiger partial charge < -0.3 is 15.8 Å². The third-order valence-corrected chi connectivity index (χ3v) is 5.65. The number of hydrogen-bond donors (Lipinski definition) is 2. The summed E-state index contributed by atoms with van der Waals surface area (Å²) in [6.45, 7) is 0.553. The molecule has 0 bridgehead atoms. The normalized spacial score (nSPS) is 15.4. The Labute approximate surface area is 144 Å². The van der Waals surface area contributed by atoms with Crippen molar-refractivity contribution < 1.29 is 17.9 Å². The Balaban J connectivity index is 1.73. The Morgan fingerprint density at radius 3 is 2.60 bits per heavy atom. The second-order valence-electron chi connectivity index (χ2n) is 5.46. The first-order chi connectivity index (χ1) is 11.9. The largest absolute Gasteiger partial charge is 0.496 e. The van der Waals surface area contributed by atoms with Crippen LogP contribution in [0.15, 0.2) is 41.6 Å². The standard InChI is InChI=1S/C15H17N5O4S/c1-24-13-4-3-11(7-12(13)14(16)21)25(22,23)20-8-10(9-20)19-15-17-5-2-6-18-15/h2-7,10H,8-9H2,1H3,(H2,16,21)(H,17,18,19). The Morgan fingerprint density at radius 2 is 2.00 bits per heavy atom. The molecule has 2 heterocycles. The monoisotopic (exact) mass is 363 g/mol. The molecule has 1 aliphatic rings. The van der Waals surface area contributed by atoms with E-state index in [0.29, 0.717) is 5.95 Å². The van der Waals surface area contributed by atoms with Gasteiger partial charge in [-0.25, -0.2) is 18.4 Å². The van der Waals surface area contributed by atoms with Gasteiger partial charge in [0.15, 0.2) is 0 Å². The van der Waals surface area contributed by atoms with Crippen molar-refractivity contribution in [3.63, 3.8) is 0 Å². The molecule has 132 valence electrons. The first-order valence-electron chi connectivity index (χ1n) is 7.43. The van der Waals surface area contributed by atoms with Crippen LogP contribution in [0.3, 0.4) is 0 Å². The molecular weight excluding hydrogens is 346 g/mol. The van der Waals surface area contributed by atoms with E-state index in [9.17, 15) is 13.2 Å². The van der Waals surface area contributed by atoms with Gasteiger partial charge in [0, 0.05) is 25.5 Å². The summed E-state index contributed by atoms with van der Waals surface area (Å²) in [6.07, 6.45) is 3.20. The number of aromatic nitrogens is 2. The maximum atomic E-state index is 12.7. The van der Waals surface area contributed by atoms with Crippen LogP contribution in [-0.4, -0.2) is 54.8 Å². The summed E-state index contributed by atoms with van der Waals surface area (Å²) in [6, 6.07) is 5.66. The summed E-state index contributed by atoms with van der Waals surface area (Å²) in [4.78, 5) is 19.6. The minimum absolute atomic E-state index is 0.00323. The van der Waals surface area contributed by atoms with E-state index in [4.69, 9.17) is 10.5 Å². The zero-order valence-electron chi connectivity index (χ0n) is 13.4. The lowest BCUT2D eigenvalue weighted by atomic mass is 10.2. The molecule has 1 fully saturated rings. The second-order valence-corrected chi connectivity index (χ2v) is 7.40. The highest BCUT2D eigenvalue weighted by Crippen LogP contribution is 2.27. The third-order valence-electron chi connectivity index (χ3n) is 3.82. The van der Waals surface area contributed by atoms with Crippen molar-refractivity contribution in [2.24, 2.45) is 5.73 Å². The second kappa shape index (κ2) is 6.65. The Morgan fingerprint density at radius 1 is 1.32 bits per heavy atom. The molecule has 1 saturated heterocycles. The summed E-state index contributed by atoms with van der Waals surface area (Å²) in [7, 11) is -2.34. The number of primary amides is 1. The van der Waals surface area contributed by atoms with E-state index in [2.05, 4.69) is 15.3 Å². The van der Waals surface area contributed by atoms with Crippen LogP contribution in [0.25, 0.3) is 0 Å². The van der Waals surface area contributed by atoms with Crippen LogP contribution in [0, 0.1) is 0 Å². The van der Waals surface area contributed by atoms with Gasteiger partial charge in [-0.3, -0.25) is 4.79 Å². The fourth-order valence-electron chi connectivity index (χ4n) is 2.47. The Hall–Kier alpha value is -2.72. The number of methoxy groups -OCH3 is 1. The van der Waals surface area contributed by atoms with Crippen molar-refractivity contribution in [3.05, 3.63) is 42.2 Å². The van der Waals surface area contributed by atoms with Crippen LogP contribution in [-0.2, 0) is 10.0 Å². The van der Waals surface area contributed by atoms with E-state index >= 15 is 0 Å². The Bertz CT molecular complexity index is 882. The van der Waals surface area contributed by atoms with Crippen LogP contribution in [0.1, 0.15) is 10.4 Å². The summed E-state index contributed by atoms with van der Waals surface area (Å²) in [5, 5.41) is 3.06. The number of benzene rings is 1. The van der Waals surface area contributed by atoms with Crippen molar-refractivity contribution in [2.75, 3.05) is 25.5 Å². The number of nitrogens with one attached hydrogen (secondary N) is 1. The number of amides is 1. The van der Waals surface area contributed by atoms with Crippen LogP contribution in [0.4, 0.5) is 5.95 Å². The number of carbonyl (C=O) groups excluding carboxylic acids is 1. The molecule has 3 rings (SSSR count). The highest BCUT2D eigenvalue weighted by atomic mass is 32.2. The minimum Gasteiger partial charge on any atom is -0.496 e. The summed E-state index contributed by atoms with van der Waals surface area (Å²) < 4.78 is 31.7. The van der Waals surface area contributed by atoms with E-state index in [-0.39, 0.29) is 35.3 Å². The lowest BCUT2D eigenvalue weighted by molar-refractivity contribution is 0.0997. The van der Waals surface area contributed by atoms with Crippen LogP contribution < -0.4 is 15.8 Å². The molecular formula is C15H17N5O4S. The van der Waals surface area contributed by atoms with Crippen molar-refractivity contribution in [2.45, 2.75) is 10.9 Å². The van der Waals surface area contributed by atoms with Gasteiger partial charge in [0.1, 0.15) is 5.75 Å². The molecule has 2 aromatic rings. The number of sulfonamides is 1. The van der Waals surface area contributed by atoms with Crippen LogP contribution in [0.5, 0.6) is 5.75 Å². The lowest BCUT2D eigenvalue weighted by Crippen LogP contribution is -2.56. The average molecular weight is 363 g/mol. The first kappa shape index (κ1) is 17.1. The number of hydrogen-bond acceptors (Lipinski definition) is 7. The van der Waals surface area contributed by atoms with Gasteiger partial charge in [0.05, 0.1) is 23.6 Å². The van der Waals surface area contributed by atoms with Gasteiger partial charge in [-0.2, -0.15) is 4.31 Å². The summed E-state index contributed by atoms with van der Waals surface area (Å²) in [5.41, 5.74) is 5.31. The van der Waals surface area contributed by atoms with Gasteiger partial charge in [-0.1, -0.05) is 0 Å². The molecule has 0 saturated carbocycles. The quantitative estimate of drug-likeness (QED) is 0.743. The zero-order valence-corrected chi connectivity index (χ0v) is 14.2. The maximum Gasteiger partial charge on any atom is 0.252 e. The summed E-state index contributed by atoms with van der Waals surface area (Å²) >= 11 is 0. The van der Waals surface area contributed by atoms with E-state index in [1.807, 2.05) is 0 Å². The molecule has 0 radical (unpaired) electrons. The summed E-state index contributed by atoms with van der Waals surface area (Å²) in [5.74, 6) is -0.0703. The molecule has 25 heavy (non-hydrogen) atoms. The third kappa shape index (κ3) is 3.39. The SMILES string of the molecule is COc1ccc(S(=O)(=O)N2CC(Nc3ncccn3)C2)cc1C(N)=O. The van der Waals surface area contributed by atoms with Gasteiger partial charge >= 0.3 is 0 Å². The molecule has 10 heteroatoms. The molecule has 1 amide bonds. The van der Waals surface area contributed by atoms with Crippen molar-refractivity contribution in [1.29, 1.82) is 0 Å². The van der Waals surface area contributed by atoms with Crippen LogP contribution >= 0.6 is 0 Å². The molecule has 9 nitrogen and oxygen atoms in total. The number of ether oxygens (including phenoxy) is 1. The number of anilines is 1. The number of nitrogens with two attached hydrogens (primary N) is 1. The predicted octanol–water partition coefficient (Wildman–Crippen LogP) is 0.0691. The van der Waals surface area contributed by atoms with E-state index in [1.54, 1.807) is 18.5 Å². The van der Waals surface area contributed by atoms with Crippen molar-refractivity contribution in [1.82, 2.24) is 14.3 Å². The fraction of sp³-hybridized carbons (Fsp3) is 0.267. The van der Waals surface area contributed by atoms with Crippen molar-refractivity contribution >= 4 is 21.9 Å². The first-order valence-corrected chi connectivity index (χ1v) is 8.87. The van der Waals surface area contributed by atoms with Crippen molar-refractivity contribution in [3.8, 4) is 5.75 Å². The molecule has 0 aliphatic carbocycles. The van der Waals surface area contributed by atoms with Crippen LogP contribution in [0.2, 0.25) is 0 Å². The maximum absolute atomic E-state index is 12.7. The van der Waals surface area contributed by atoms with E-state index in [0.717, 1.165) is 0 Å². The minimum atomic E-state index is -3.72. The molecule has 0 spiro atoms. The topological polar surface area (TPSA) is 128 Å². The molecule has 1 aromatic heterocycles. The van der Waals surface area contributed by atoms with Gasteiger partial charge in [-0.15, -0.1) is 0 Å². The average Bonchev–Trinajstić information content (AvgIpc) is 2.57. The fourth-order valence-corrected chi connectivity index (χ4v) is 4.03. The molecule has 3 N–H and O–H groups in total. The van der Waals surface area contributed by atoms with E-state index < -0.39 is 15.9 Å². The molecule has 1 aromatic carbocycles. The van der Waals surface area contributed by atoms with Gasteiger partial charge in [0.2, 0.25) is 16.0 Å². The van der Waals surface area contributed by atoms with E-state index in [1.165, 1.54) is 29.6 Å². The number of rotatable bonds is 6. The number of nitrogens with zero attached hydrogens (tertiary/aromatic N) is 3. The van der Waals surface area contributed by atoms with Gasteiger partial charge in [0.25, 0.3) is 5.91 Å². The molecule has 0 unspecified atom stereocenters. The highest BCUT2D eigenvalue weighted by molar-refractivity contribution is 7.89. The smallest absolute Gasteiger partial charge is 0.252 e. The molecule has 0 atom stereocenters.